The quantitative estimate of drug-likeness (QED) is 0.496. The molecule has 2 unspecified atom stereocenters. The maximum absolute atomic E-state index is 13.3. The Morgan fingerprint density at radius 3 is 2.47 bits per heavy atom. The van der Waals surface area contributed by atoms with Crippen LogP contribution >= 0.6 is 0 Å². The molecule has 0 saturated carbocycles. The van der Waals surface area contributed by atoms with Crippen LogP contribution in [0.3, 0.4) is 0 Å². The van der Waals surface area contributed by atoms with Crippen molar-refractivity contribution >= 4 is 11.9 Å². The number of carboxylic acids is 1. The molecule has 0 radical (unpaired) electrons. The molecule has 34 heavy (non-hydrogen) atoms. The summed E-state index contributed by atoms with van der Waals surface area (Å²) < 4.78 is 1.37. The summed E-state index contributed by atoms with van der Waals surface area (Å²) in [5.74, 6) is -1.50. The molecule has 3 aromatic rings. The molecule has 1 amide bonds. The zero-order valence-corrected chi connectivity index (χ0v) is 19.2. The molecule has 0 aliphatic heterocycles. The molecule has 2 aromatic carbocycles. The molecule has 0 saturated heterocycles. The van der Waals surface area contributed by atoms with Crippen LogP contribution in [0, 0.1) is 18.3 Å². The van der Waals surface area contributed by atoms with Crippen molar-refractivity contribution < 1.29 is 14.7 Å². The number of aromatic nitrogens is 1. The summed E-state index contributed by atoms with van der Waals surface area (Å²) in [6.45, 7) is 3.85. The summed E-state index contributed by atoms with van der Waals surface area (Å²) in [6, 6.07) is 18.0. The topological polar surface area (TPSA) is 112 Å². The SMILES string of the molecule is CCCC(C(=O)NC(CC(=O)O)c1ccc(C#N)c(-c2ccccc2C)c1)n1ccccc1=O. The third-order valence-corrected chi connectivity index (χ3v) is 5.75. The second kappa shape index (κ2) is 11.1. The van der Waals surface area contributed by atoms with E-state index in [2.05, 4.69) is 11.4 Å². The molecular formula is C27H27N3O4. The van der Waals surface area contributed by atoms with Crippen molar-refractivity contribution in [3.05, 3.63) is 93.9 Å². The highest BCUT2D eigenvalue weighted by Gasteiger charge is 2.26. The Labute approximate surface area is 198 Å². The lowest BCUT2D eigenvalue weighted by Gasteiger charge is -2.24. The van der Waals surface area contributed by atoms with Gasteiger partial charge in [0.1, 0.15) is 6.04 Å². The molecule has 2 N–H and O–H groups in total. The molecule has 3 rings (SSSR count). The van der Waals surface area contributed by atoms with E-state index in [0.29, 0.717) is 29.5 Å². The predicted molar refractivity (Wildman–Crippen MR) is 129 cm³/mol. The van der Waals surface area contributed by atoms with Gasteiger partial charge in [0.2, 0.25) is 5.91 Å². The normalized spacial score (nSPS) is 12.4. The van der Waals surface area contributed by atoms with Gasteiger partial charge in [-0.05, 0) is 48.2 Å². The number of carboxylic acid groups (broad SMARTS) is 1. The van der Waals surface area contributed by atoms with Gasteiger partial charge >= 0.3 is 5.97 Å². The number of hydrogen-bond donors (Lipinski definition) is 2. The summed E-state index contributed by atoms with van der Waals surface area (Å²) >= 11 is 0. The minimum absolute atomic E-state index is 0.300. The first-order chi connectivity index (χ1) is 16.3. The van der Waals surface area contributed by atoms with E-state index in [-0.39, 0.29) is 12.0 Å². The number of benzene rings is 2. The lowest BCUT2D eigenvalue weighted by Crippen LogP contribution is -2.39. The average Bonchev–Trinajstić information content (AvgIpc) is 2.82. The van der Waals surface area contributed by atoms with Gasteiger partial charge in [0.15, 0.2) is 0 Å². The van der Waals surface area contributed by atoms with Crippen LogP contribution in [-0.4, -0.2) is 21.6 Å². The molecule has 7 nitrogen and oxygen atoms in total. The van der Waals surface area contributed by atoms with Crippen LogP contribution in [-0.2, 0) is 9.59 Å². The zero-order valence-electron chi connectivity index (χ0n) is 19.2. The summed E-state index contributed by atoms with van der Waals surface area (Å²) in [5, 5.41) is 22.0. The summed E-state index contributed by atoms with van der Waals surface area (Å²) in [6.07, 6.45) is 2.31. The highest BCUT2D eigenvalue weighted by molar-refractivity contribution is 5.82. The lowest BCUT2D eigenvalue weighted by atomic mass is 9.92. The second-order valence-corrected chi connectivity index (χ2v) is 8.14. The van der Waals surface area contributed by atoms with E-state index in [1.807, 2.05) is 38.1 Å². The van der Waals surface area contributed by atoms with E-state index in [1.165, 1.54) is 10.6 Å². The van der Waals surface area contributed by atoms with Crippen LogP contribution in [0.5, 0.6) is 0 Å². The third kappa shape index (κ3) is 5.59. The van der Waals surface area contributed by atoms with Gasteiger partial charge < -0.3 is 15.0 Å². The zero-order chi connectivity index (χ0) is 24.7. The van der Waals surface area contributed by atoms with Crippen molar-refractivity contribution in [3.8, 4) is 17.2 Å². The van der Waals surface area contributed by atoms with Crippen LogP contribution in [0.15, 0.2) is 71.7 Å². The molecule has 0 spiro atoms. The molecule has 0 bridgehead atoms. The summed E-state index contributed by atoms with van der Waals surface area (Å²) in [5.41, 5.74) is 3.24. The molecule has 2 atom stereocenters. The third-order valence-electron chi connectivity index (χ3n) is 5.75. The molecule has 174 valence electrons. The highest BCUT2D eigenvalue weighted by atomic mass is 16.4. The van der Waals surface area contributed by atoms with Crippen LogP contribution < -0.4 is 10.9 Å². The molecule has 0 fully saturated rings. The fourth-order valence-corrected chi connectivity index (χ4v) is 4.04. The Bertz CT molecular complexity index is 1290. The number of nitrogens with zero attached hydrogens (tertiary/aromatic N) is 2. The largest absolute Gasteiger partial charge is 0.481 e. The van der Waals surface area contributed by atoms with Crippen molar-refractivity contribution in [2.45, 2.75) is 45.2 Å². The van der Waals surface area contributed by atoms with Crippen molar-refractivity contribution in [3.63, 3.8) is 0 Å². The molecular weight excluding hydrogens is 430 g/mol. The Balaban J connectivity index is 2.01. The van der Waals surface area contributed by atoms with Gasteiger partial charge in [-0.15, -0.1) is 0 Å². The van der Waals surface area contributed by atoms with Gasteiger partial charge in [0.25, 0.3) is 5.56 Å². The first kappa shape index (κ1) is 24.5. The molecule has 1 aromatic heterocycles. The molecule has 7 heteroatoms. The number of rotatable bonds is 9. The minimum atomic E-state index is -1.07. The van der Waals surface area contributed by atoms with Crippen molar-refractivity contribution in [2.75, 3.05) is 0 Å². The van der Waals surface area contributed by atoms with Gasteiger partial charge in [0, 0.05) is 17.8 Å². The van der Waals surface area contributed by atoms with Gasteiger partial charge in [-0.3, -0.25) is 14.4 Å². The first-order valence-electron chi connectivity index (χ1n) is 11.1. The van der Waals surface area contributed by atoms with Gasteiger partial charge in [0.05, 0.1) is 24.1 Å². The maximum atomic E-state index is 13.3. The van der Waals surface area contributed by atoms with Crippen molar-refractivity contribution in [2.24, 2.45) is 0 Å². The first-order valence-corrected chi connectivity index (χ1v) is 11.1. The van der Waals surface area contributed by atoms with E-state index in [9.17, 15) is 24.8 Å². The van der Waals surface area contributed by atoms with Crippen LogP contribution in [0.4, 0.5) is 0 Å². The molecule has 1 heterocycles. The number of aryl methyl sites for hydroxylation is 1. The fraction of sp³-hybridized carbons (Fsp3) is 0.259. The van der Waals surface area contributed by atoms with Crippen LogP contribution in [0.1, 0.15) is 55.0 Å². The standard InChI is InChI=1S/C27H27N3O4/c1-3-8-24(30-14-7-6-11-25(30)31)27(34)29-23(16-26(32)33)19-12-13-20(17-28)22(15-19)21-10-5-4-9-18(21)2/h4-7,9-15,23-24H,3,8,16H2,1-2H3,(H,29,34)(H,32,33). The van der Waals surface area contributed by atoms with E-state index in [0.717, 1.165) is 11.1 Å². The number of carbonyl (C=O) groups is 2. The maximum Gasteiger partial charge on any atom is 0.305 e. The smallest absolute Gasteiger partial charge is 0.305 e. The number of nitriles is 1. The Morgan fingerprint density at radius 1 is 1.09 bits per heavy atom. The number of amides is 1. The number of nitrogens with one attached hydrogen (secondary N) is 1. The van der Waals surface area contributed by atoms with Crippen molar-refractivity contribution in [1.82, 2.24) is 9.88 Å². The second-order valence-electron chi connectivity index (χ2n) is 8.14. The number of carbonyl (C=O) groups excluding carboxylic acids is 1. The predicted octanol–water partition coefficient (Wildman–Crippen LogP) is 4.37. The van der Waals surface area contributed by atoms with Crippen LogP contribution in [0.2, 0.25) is 0 Å². The van der Waals surface area contributed by atoms with Crippen LogP contribution in [0.25, 0.3) is 11.1 Å². The monoisotopic (exact) mass is 457 g/mol. The molecule has 0 aliphatic carbocycles. The summed E-state index contributed by atoms with van der Waals surface area (Å²) in [7, 11) is 0. The lowest BCUT2D eigenvalue weighted by molar-refractivity contribution is -0.137. The Hall–Kier alpha value is -4.18. The van der Waals surface area contributed by atoms with E-state index >= 15 is 0 Å². The van der Waals surface area contributed by atoms with Gasteiger partial charge in [-0.25, -0.2) is 0 Å². The van der Waals surface area contributed by atoms with E-state index in [1.54, 1.807) is 36.5 Å². The minimum Gasteiger partial charge on any atom is -0.481 e. The fourth-order valence-electron chi connectivity index (χ4n) is 4.04. The average molecular weight is 458 g/mol. The van der Waals surface area contributed by atoms with E-state index < -0.39 is 24.0 Å². The van der Waals surface area contributed by atoms with Gasteiger partial charge in [-0.2, -0.15) is 5.26 Å². The Morgan fingerprint density at radius 2 is 1.82 bits per heavy atom. The molecule has 0 aliphatic rings. The number of hydrogen-bond acceptors (Lipinski definition) is 4. The Kier molecular flexibility index (Phi) is 7.99. The number of pyridine rings is 1. The number of aliphatic carboxylic acids is 1. The van der Waals surface area contributed by atoms with Gasteiger partial charge in [-0.1, -0.05) is 49.7 Å². The highest BCUT2D eigenvalue weighted by Crippen LogP contribution is 2.30. The van der Waals surface area contributed by atoms with E-state index in [4.69, 9.17) is 0 Å². The van der Waals surface area contributed by atoms with Crippen molar-refractivity contribution in [1.29, 1.82) is 5.26 Å². The summed E-state index contributed by atoms with van der Waals surface area (Å²) in [4.78, 5) is 37.3.